The summed E-state index contributed by atoms with van der Waals surface area (Å²) in [4.78, 5) is 10.4. The fraction of sp³-hybridized carbons (Fsp3) is 0.727. The highest BCUT2D eigenvalue weighted by atomic mass is 16.4. The second kappa shape index (κ2) is 6.70. The van der Waals surface area contributed by atoms with Crippen LogP contribution in [0.1, 0.15) is 46.0 Å². The number of hydrogen-bond acceptors (Lipinski definition) is 1. The Hall–Kier alpha value is -0.790. The molecular weight excluding hydrogens is 164 g/mol. The van der Waals surface area contributed by atoms with Crippen molar-refractivity contribution >= 4 is 5.97 Å². The Kier molecular flexibility index (Phi) is 6.29. The van der Waals surface area contributed by atoms with Crippen LogP contribution < -0.4 is 0 Å². The Morgan fingerprint density at radius 3 is 2.54 bits per heavy atom. The van der Waals surface area contributed by atoms with E-state index in [-0.39, 0.29) is 0 Å². The van der Waals surface area contributed by atoms with Crippen LogP contribution in [-0.4, -0.2) is 11.1 Å². The summed E-state index contributed by atoms with van der Waals surface area (Å²) in [5.74, 6) is -0.0957. The van der Waals surface area contributed by atoms with Gasteiger partial charge in [-0.05, 0) is 18.8 Å². The van der Waals surface area contributed by atoms with Gasteiger partial charge in [-0.3, -0.25) is 0 Å². The van der Waals surface area contributed by atoms with Crippen molar-refractivity contribution in [1.29, 1.82) is 0 Å². The number of carboxylic acid groups (broad SMARTS) is 1. The van der Waals surface area contributed by atoms with Crippen molar-refractivity contribution < 1.29 is 9.90 Å². The molecule has 2 nitrogen and oxygen atoms in total. The van der Waals surface area contributed by atoms with Crippen LogP contribution in [0.5, 0.6) is 0 Å². The summed E-state index contributed by atoms with van der Waals surface area (Å²) in [6.07, 6.45) is 5.10. The van der Waals surface area contributed by atoms with Gasteiger partial charge in [0.2, 0.25) is 0 Å². The Morgan fingerprint density at radius 1 is 1.46 bits per heavy atom. The Bertz CT molecular complexity index is 173. The van der Waals surface area contributed by atoms with Crippen molar-refractivity contribution in [3.63, 3.8) is 0 Å². The highest BCUT2D eigenvalue weighted by Crippen LogP contribution is 2.14. The van der Waals surface area contributed by atoms with E-state index < -0.39 is 5.97 Å². The van der Waals surface area contributed by atoms with Crippen LogP contribution in [0.25, 0.3) is 0 Å². The largest absolute Gasteiger partial charge is 0.478 e. The molecule has 1 unspecified atom stereocenters. The van der Waals surface area contributed by atoms with E-state index in [0.29, 0.717) is 12.0 Å². The van der Waals surface area contributed by atoms with Crippen LogP contribution in [-0.2, 0) is 4.79 Å². The van der Waals surface area contributed by atoms with E-state index in [1.54, 1.807) is 0 Å². The average Bonchev–Trinajstić information content (AvgIpc) is 2.11. The van der Waals surface area contributed by atoms with Crippen LogP contribution in [0, 0.1) is 5.92 Å². The molecule has 0 saturated carbocycles. The monoisotopic (exact) mass is 184 g/mol. The van der Waals surface area contributed by atoms with Crippen molar-refractivity contribution in [2.75, 3.05) is 0 Å². The molecule has 1 atom stereocenters. The summed E-state index contributed by atoms with van der Waals surface area (Å²) in [7, 11) is 0. The Balaban J connectivity index is 3.36. The molecule has 76 valence electrons. The molecule has 0 aromatic heterocycles. The molecule has 0 aliphatic heterocycles. The number of hydrogen-bond donors (Lipinski definition) is 1. The second-order valence-corrected chi connectivity index (χ2v) is 3.67. The number of unbranched alkanes of at least 4 members (excludes halogenated alkanes) is 1. The molecule has 0 saturated heterocycles. The maximum absolute atomic E-state index is 10.4. The van der Waals surface area contributed by atoms with Crippen molar-refractivity contribution in [1.82, 2.24) is 0 Å². The van der Waals surface area contributed by atoms with E-state index in [4.69, 9.17) is 5.11 Å². The predicted octanol–water partition coefficient (Wildman–Crippen LogP) is 3.23. The molecule has 0 heterocycles. The van der Waals surface area contributed by atoms with Crippen LogP contribution in [0.15, 0.2) is 12.2 Å². The lowest BCUT2D eigenvalue weighted by molar-refractivity contribution is -0.132. The molecule has 0 fully saturated rings. The SMILES string of the molecule is C=C(CCCCC(C)CC)C(=O)O. The summed E-state index contributed by atoms with van der Waals surface area (Å²) >= 11 is 0. The van der Waals surface area contributed by atoms with Gasteiger partial charge in [0.1, 0.15) is 0 Å². The minimum atomic E-state index is -0.858. The summed E-state index contributed by atoms with van der Waals surface area (Å²) in [6.45, 7) is 7.90. The van der Waals surface area contributed by atoms with Gasteiger partial charge in [0.25, 0.3) is 0 Å². The molecule has 0 aromatic carbocycles. The third-order valence-electron chi connectivity index (χ3n) is 2.42. The third-order valence-corrected chi connectivity index (χ3v) is 2.42. The molecule has 0 aliphatic carbocycles. The molecule has 2 heteroatoms. The quantitative estimate of drug-likeness (QED) is 0.487. The normalized spacial score (nSPS) is 12.5. The first-order valence-corrected chi connectivity index (χ1v) is 4.99. The molecular formula is C11H20O2. The second-order valence-electron chi connectivity index (χ2n) is 3.67. The molecule has 0 bridgehead atoms. The van der Waals surface area contributed by atoms with E-state index in [1.807, 2.05) is 0 Å². The van der Waals surface area contributed by atoms with Crippen LogP contribution >= 0.6 is 0 Å². The summed E-state index contributed by atoms with van der Waals surface area (Å²) in [5, 5.41) is 8.54. The zero-order chi connectivity index (χ0) is 10.3. The van der Waals surface area contributed by atoms with Gasteiger partial charge in [-0.25, -0.2) is 4.79 Å². The van der Waals surface area contributed by atoms with Gasteiger partial charge >= 0.3 is 5.97 Å². The van der Waals surface area contributed by atoms with Crippen molar-refractivity contribution in [3.05, 3.63) is 12.2 Å². The lowest BCUT2D eigenvalue weighted by Crippen LogP contribution is -1.99. The molecule has 1 N–H and O–H groups in total. The summed E-state index contributed by atoms with van der Waals surface area (Å²) in [6, 6.07) is 0. The van der Waals surface area contributed by atoms with Gasteiger partial charge in [0.15, 0.2) is 0 Å². The smallest absolute Gasteiger partial charge is 0.330 e. The van der Waals surface area contributed by atoms with Crippen molar-refractivity contribution in [3.8, 4) is 0 Å². The maximum atomic E-state index is 10.4. The lowest BCUT2D eigenvalue weighted by atomic mass is 10.00. The highest BCUT2D eigenvalue weighted by molar-refractivity contribution is 5.85. The highest BCUT2D eigenvalue weighted by Gasteiger charge is 2.03. The lowest BCUT2D eigenvalue weighted by Gasteiger charge is -2.07. The summed E-state index contributed by atoms with van der Waals surface area (Å²) in [5.41, 5.74) is 0.337. The van der Waals surface area contributed by atoms with Crippen molar-refractivity contribution in [2.45, 2.75) is 46.0 Å². The van der Waals surface area contributed by atoms with Gasteiger partial charge < -0.3 is 5.11 Å². The van der Waals surface area contributed by atoms with E-state index in [0.717, 1.165) is 18.8 Å². The Labute approximate surface area is 80.7 Å². The first kappa shape index (κ1) is 12.2. The third kappa shape index (κ3) is 6.38. The minimum Gasteiger partial charge on any atom is -0.478 e. The van der Waals surface area contributed by atoms with Gasteiger partial charge in [0, 0.05) is 5.57 Å². The standard InChI is InChI=1S/C11H20O2/c1-4-9(2)7-5-6-8-10(3)11(12)13/h9H,3-8H2,1-2H3,(H,12,13). The van der Waals surface area contributed by atoms with Crippen molar-refractivity contribution in [2.24, 2.45) is 5.92 Å². The van der Waals surface area contributed by atoms with E-state index in [1.165, 1.54) is 12.8 Å². The van der Waals surface area contributed by atoms with E-state index in [2.05, 4.69) is 20.4 Å². The predicted molar refractivity (Wildman–Crippen MR) is 54.7 cm³/mol. The minimum absolute atomic E-state index is 0.337. The molecule has 0 spiro atoms. The van der Waals surface area contributed by atoms with E-state index in [9.17, 15) is 4.79 Å². The number of carbonyl (C=O) groups is 1. The topological polar surface area (TPSA) is 37.3 Å². The van der Waals surface area contributed by atoms with Crippen LogP contribution in [0.4, 0.5) is 0 Å². The number of aliphatic carboxylic acids is 1. The van der Waals surface area contributed by atoms with Crippen LogP contribution in [0.3, 0.4) is 0 Å². The molecule has 0 radical (unpaired) electrons. The molecule has 0 aliphatic rings. The first-order valence-electron chi connectivity index (χ1n) is 4.99. The van der Waals surface area contributed by atoms with Crippen LogP contribution in [0.2, 0.25) is 0 Å². The van der Waals surface area contributed by atoms with Gasteiger partial charge in [-0.15, -0.1) is 0 Å². The average molecular weight is 184 g/mol. The first-order chi connectivity index (χ1) is 6.07. The Morgan fingerprint density at radius 2 is 2.08 bits per heavy atom. The van der Waals surface area contributed by atoms with Gasteiger partial charge in [-0.1, -0.05) is 39.7 Å². The summed E-state index contributed by atoms with van der Waals surface area (Å²) < 4.78 is 0. The van der Waals surface area contributed by atoms with Gasteiger partial charge in [0.05, 0.1) is 0 Å². The molecule has 13 heavy (non-hydrogen) atoms. The van der Waals surface area contributed by atoms with Gasteiger partial charge in [-0.2, -0.15) is 0 Å². The van der Waals surface area contributed by atoms with E-state index >= 15 is 0 Å². The fourth-order valence-electron chi connectivity index (χ4n) is 1.14. The maximum Gasteiger partial charge on any atom is 0.330 e. The fourth-order valence-corrected chi connectivity index (χ4v) is 1.14. The number of rotatable bonds is 7. The number of carboxylic acids is 1. The zero-order valence-electron chi connectivity index (χ0n) is 8.68. The molecule has 0 amide bonds. The molecule has 0 aromatic rings. The molecule has 0 rings (SSSR count). The zero-order valence-corrected chi connectivity index (χ0v) is 8.68.